The van der Waals surface area contributed by atoms with Crippen molar-refractivity contribution in [2.45, 2.75) is 38.1 Å². The third-order valence-corrected chi connectivity index (χ3v) is 3.00. The van der Waals surface area contributed by atoms with Crippen molar-refractivity contribution in [2.24, 2.45) is 0 Å². The highest BCUT2D eigenvalue weighted by Crippen LogP contribution is 2.28. The minimum atomic E-state index is 0.622. The molecule has 1 fully saturated rings. The number of rotatable bonds is 3. The predicted molar refractivity (Wildman–Crippen MR) is 55.0 cm³/mol. The number of nitrogens with zero attached hydrogens (tertiary/aromatic N) is 3. The highest BCUT2D eigenvalue weighted by molar-refractivity contribution is 9.09. The van der Waals surface area contributed by atoms with Crippen molar-refractivity contribution in [3.8, 4) is 0 Å². The van der Waals surface area contributed by atoms with Crippen LogP contribution in [0.5, 0.6) is 0 Å². The molecule has 4 heteroatoms. The Labute approximate surface area is 86.6 Å². The Morgan fingerprint density at radius 2 is 2.23 bits per heavy atom. The molecule has 0 aromatic carbocycles. The third kappa shape index (κ3) is 2.10. The van der Waals surface area contributed by atoms with Gasteiger partial charge in [0.1, 0.15) is 0 Å². The van der Waals surface area contributed by atoms with Gasteiger partial charge in [0.25, 0.3) is 0 Å². The SMILES string of the molecule is BrCCc1cn(C2CCCC2)nn1. The van der Waals surface area contributed by atoms with Crippen molar-refractivity contribution in [2.75, 3.05) is 5.33 Å². The zero-order valence-electron chi connectivity index (χ0n) is 7.62. The summed E-state index contributed by atoms with van der Waals surface area (Å²) < 4.78 is 2.05. The first-order chi connectivity index (χ1) is 6.40. The zero-order chi connectivity index (χ0) is 9.10. The molecule has 0 atom stereocenters. The second-order valence-corrected chi connectivity index (χ2v) is 4.36. The van der Waals surface area contributed by atoms with E-state index < -0.39 is 0 Å². The molecule has 0 saturated heterocycles. The minimum absolute atomic E-state index is 0.622. The van der Waals surface area contributed by atoms with Crippen molar-refractivity contribution in [1.29, 1.82) is 0 Å². The number of hydrogen-bond donors (Lipinski definition) is 0. The van der Waals surface area contributed by atoms with Crippen LogP contribution >= 0.6 is 15.9 Å². The number of aryl methyl sites for hydroxylation is 1. The number of aromatic nitrogens is 3. The van der Waals surface area contributed by atoms with E-state index in [1.54, 1.807) is 0 Å². The van der Waals surface area contributed by atoms with Crippen LogP contribution in [0.1, 0.15) is 37.4 Å². The van der Waals surface area contributed by atoms with Crippen molar-refractivity contribution in [1.82, 2.24) is 15.0 Å². The lowest BCUT2D eigenvalue weighted by molar-refractivity contribution is 0.454. The maximum atomic E-state index is 4.16. The Morgan fingerprint density at radius 1 is 1.46 bits per heavy atom. The van der Waals surface area contributed by atoms with E-state index in [0.29, 0.717) is 6.04 Å². The van der Waals surface area contributed by atoms with Gasteiger partial charge in [-0.05, 0) is 12.8 Å². The molecule has 1 aromatic heterocycles. The lowest BCUT2D eigenvalue weighted by Crippen LogP contribution is -2.04. The van der Waals surface area contributed by atoms with Crippen molar-refractivity contribution in [3.05, 3.63) is 11.9 Å². The lowest BCUT2D eigenvalue weighted by atomic mass is 10.2. The quantitative estimate of drug-likeness (QED) is 0.764. The van der Waals surface area contributed by atoms with Crippen LogP contribution in [0, 0.1) is 0 Å². The van der Waals surface area contributed by atoms with Gasteiger partial charge in [-0.25, -0.2) is 4.68 Å². The summed E-state index contributed by atoms with van der Waals surface area (Å²) in [5.41, 5.74) is 1.10. The van der Waals surface area contributed by atoms with Gasteiger partial charge < -0.3 is 0 Å². The molecule has 2 rings (SSSR count). The van der Waals surface area contributed by atoms with E-state index in [-0.39, 0.29) is 0 Å². The molecule has 0 aliphatic heterocycles. The van der Waals surface area contributed by atoms with Gasteiger partial charge in [0.05, 0.1) is 11.7 Å². The summed E-state index contributed by atoms with van der Waals surface area (Å²) in [5, 5.41) is 9.26. The smallest absolute Gasteiger partial charge is 0.0835 e. The van der Waals surface area contributed by atoms with E-state index in [0.717, 1.165) is 17.4 Å². The molecule has 0 amide bonds. The van der Waals surface area contributed by atoms with Crippen molar-refractivity contribution in [3.63, 3.8) is 0 Å². The molecule has 3 nitrogen and oxygen atoms in total. The van der Waals surface area contributed by atoms with Crippen LogP contribution in [0.15, 0.2) is 6.20 Å². The number of alkyl halides is 1. The topological polar surface area (TPSA) is 30.7 Å². The zero-order valence-corrected chi connectivity index (χ0v) is 9.20. The van der Waals surface area contributed by atoms with Gasteiger partial charge in [-0.15, -0.1) is 5.10 Å². The molecule has 1 aliphatic carbocycles. The fourth-order valence-corrected chi connectivity index (χ4v) is 2.28. The summed E-state index contributed by atoms with van der Waals surface area (Å²) in [5.74, 6) is 0. The first kappa shape index (κ1) is 9.19. The van der Waals surface area contributed by atoms with Gasteiger partial charge in [-0.3, -0.25) is 0 Å². The number of hydrogen-bond acceptors (Lipinski definition) is 2. The molecular formula is C9H14BrN3. The first-order valence-electron chi connectivity index (χ1n) is 4.87. The van der Waals surface area contributed by atoms with E-state index in [2.05, 4.69) is 32.4 Å². The normalized spacial score (nSPS) is 18.2. The van der Waals surface area contributed by atoms with Crippen LogP contribution in [0.2, 0.25) is 0 Å². The lowest BCUT2D eigenvalue weighted by Gasteiger charge is -2.06. The molecule has 0 spiro atoms. The van der Waals surface area contributed by atoms with E-state index in [1.165, 1.54) is 25.7 Å². The molecule has 1 heterocycles. The van der Waals surface area contributed by atoms with Crippen LogP contribution in [-0.4, -0.2) is 20.3 Å². The van der Waals surface area contributed by atoms with E-state index in [9.17, 15) is 0 Å². The molecule has 0 unspecified atom stereocenters. The molecule has 1 saturated carbocycles. The van der Waals surface area contributed by atoms with Crippen LogP contribution < -0.4 is 0 Å². The molecule has 72 valence electrons. The van der Waals surface area contributed by atoms with Gasteiger partial charge in [0.15, 0.2) is 0 Å². The fourth-order valence-electron chi connectivity index (χ4n) is 1.87. The van der Waals surface area contributed by atoms with E-state index in [4.69, 9.17) is 0 Å². The van der Waals surface area contributed by atoms with Gasteiger partial charge >= 0.3 is 0 Å². The first-order valence-corrected chi connectivity index (χ1v) is 5.99. The maximum absolute atomic E-state index is 4.16. The van der Waals surface area contributed by atoms with Crippen molar-refractivity contribution < 1.29 is 0 Å². The minimum Gasteiger partial charge on any atom is -0.249 e. The summed E-state index contributed by atoms with van der Waals surface area (Å²) in [7, 11) is 0. The second kappa shape index (κ2) is 4.22. The summed E-state index contributed by atoms with van der Waals surface area (Å²) >= 11 is 3.40. The van der Waals surface area contributed by atoms with Crippen LogP contribution in [0.3, 0.4) is 0 Å². The standard InChI is InChI=1S/C9H14BrN3/c10-6-5-8-7-13(12-11-8)9-3-1-2-4-9/h7,9H,1-6H2. The van der Waals surface area contributed by atoms with Gasteiger partial charge in [-0.2, -0.15) is 0 Å². The Bertz CT molecular complexity index is 266. The van der Waals surface area contributed by atoms with E-state index >= 15 is 0 Å². The van der Waals surface area contributed by atoms with Gasteiger partial charge in [0, 0.05) is 17.9 Å². The molecular weight excluding hydrogens is 230 g/mol. The van der Waals surface area contributed by atoms with E-state index in [1.807, 2.05) is 4.68 Å². The predicted octanol–water partition coefficient (Wildman–Crippen LogP) is 2.33. The monoisotopic (exact) mass is 243 g/mol. The largest absolute Gasteiger partial charge is 0.249 e. The molecule has 1 aliphatic rings. The third-order valence-electron chi connectivity index (χ3n) is 2.61. The summed E-state index contributed by atoms with van der Waals surface area (Å²) in [6.45, 7) is 0. The van der Waals surface area contributed by atoms with Crippen LogP contribution in [0.4, 0.5) is 0 Å². The average molecular weight is 244 g/mol. The Balaban J connectivity index is 2.03. The summed E-state index contributed by atoms with van der Waals surface area (Å²) in [4.78, 5) is 0. The highest BCUT2D eigenvalue weighted by Gasteiger charge is 2.17. The molecule has 0 bridgehead atoms. The van der Waals surface area contributed by atoms with Crippen molar-refractivity contribution >= 4 is 15.9 Å². The van der Waals surface area contributed by atoms with Gasteiger partial charge in [-0.1, -0.05) is 34.0 Å². The summed E-state index contributed by atoms with van der Waals surface area (Å²) in [6.07, 6.45) is 8.31. The van der Waals surface area contributed by atoms with Gasteiger partial charge in [0.2, 0.25) is 0 Å². The summed E-state index contributed by atoms with van der Waals surface area (Å²) in [6, 6.07) is 0.622. The second-order valence-electron chi connectivity index (χ2n) is 3.57. The molecule has 0 radical (unpaired) electrons. The average Bonchev–Trinajstić information content (AvgIpc) is 2.70. The fraction of sp³-hybridized carbons (Fsp3) is 0.778. The molecule has 0 N–H and O–H groups in total. The molecule has 1 aromatic rings. The Morgan fingerprint density at radius 3 is 2.92 bits per heavy atom. The maximum Gasteiger partial charge on any atom is 0.0835 e. The van der Waals surface area contributed by atoms with Crippen LogP contribution in [0.25, 0.3) is 0 Å². The highest BCUT2D eigenvalue weighted by atomic mass is 79.9. The Kier molecular flexibility index (Phi) is 2.98. The Hall–Kier alpha value is -0.380. The van der Waals surface area contributed by atoms with Crippen LogP contribution in [-0.2, 0) is 6.42 Å². The number of halogens is 1. The molecule has 13 heavy (non-hydrogen) atoms.